The van der Waals surface area contributed by atoms with Gasteiger partial charge in [0.05, 0.1) is 5.58 Å². The van der Waals surface area contributed by atoms with E-state index >= 15 is 0 Å². The molecule has 0 bridgehead atoms. The van der Waals surface area contributed by atoms with Crippen molar-refractivity contribution in [1.29, 1.82) is 0 Å². The Balaban J connectivity index is 0.000000237. The molecule has 0 saturated heterocycles. The average Bonchev–Trinajstić information content (AvgIpc) is 3.52. The van der Waals surface area contributed by atoms with Gasteiger partial charge in [0, 0.05) is 66.7 Å². The predicted octanol–water partition coefficient (Wildman–Crippen LogP) is 10.4. The van der Waals surface area contributed by atoms with Crippen LogP contribution in [0.3, 0.4) is 0 Å². The molecule has 0 spiro atoms. The number of pyridine rings is 4. The molecule has 0 unspecified atom stereocenters. The average molecular weight is 797 g/mol. The predicted molar refractivity (Wildman–Crippen MR) is 190 cm³/mol. The molecule has 5 aromatic heterocycles. The maximum absolute atomic E-state index is 6.50. The number of aryl methyl sites for hydroxylation is 2. The fraction of sp³-hybridized carbons (Fsp3) is 0.0476. The first-order valence-electron chi connectivity index (χ1n) is 15.4. The van der Waals surface area contributed by atoms with Crippen molar-refractivity contribution in [3.63, 3.8) is 0 Å². The van der Waals surface area contributed by atoms with E-state index < -0.39 is 0 Å². The van der Waals surface area contributed by atoms with E-state index in [1.54, 1.807) is 6.20 Å². The second-order valence-electron chi connectivity index (χ2n) is 11.5. The number of benzene rings is 4. The Morgan fingerprint density at radius 2 is 1.48 bits per heavy atom. The molecule has 0 fully saturated rings. The van der Waals surface area contributed by atoms with Crippen molar-refractivity contribution in [2.75, 3.05) is 0 Å². The van der Waals surface area contributed by atoms with Crippen LogP contribution in [0.25, 0.3) is 77.3 Å². The van der Waals surface area contributed by atoms with E-state index in [-0.39, 0.29) is 20.1 Å². The Morgan fingerprint density at radius 3 is 2.33 bits per heavy atom. The smallest absolute Gasteiger partial charge is 0.147 e. The van der Waals surface area contributed by atoms with Crippen LogP contribution in [0.4, 0.5) is 0 Å². The van der Waals surface area contributed by atoms with Crippen molar-refractivity contribution in [2.24, 2.45) is 0 Å². The SMILES string of the molecule is Cc1ccc2ccc3c4cc[c-]c(-c5cc(-c6ccc7cnccc7c6)c(C)cn5)c4oc3c2n1.[Ir].[c-]1ccccc1-c1ccccn1. The van der Waals surface area contributed by atoms with Gasteiger partial charge in [-0.2, -0.15) is 0 Å². The Labute approximate surface area is 291 Å². The van der Waals surface area contributed by atoms with Gasteiger partial charge in [-0.3, -0.25) is 4.98 Å². The van der Waals surface area contributed by atoms with E-state index in [9.17, 15) is 0 Å². The Morgan fingerprint density at radius 1 is 0.625 bits per heavy atom. The van der Waals surface area contributed by atoms with Crippen molar-refractivity contribution >= 4 is 43.6 Å². The zero-order valence-corrected chi connectivity index (χ0v) is 28.6. The molecule has 5 nitrogen and oxygen atoms in total. The van der Waals surface area contributed by atoms with E-state index in [2.05, 4.69) is 77.6 Å². The summed E-state index contributed by atoms with van der Waals surface area (Å²) in [5, 5.41) is 5.45. The minimum absolute atomic E-state index is 0. The normalized spacial score (nSPS) is 11.0. The molecule has 9 rings (SSSR count). The summed E-state index contributed by atoms with van der Waals surface area (Å²) in [4.78, 5) is 18.0. The van der Waals surface area contributed by atoms with Crippen molar-refractivity contribution in [3.8, 4) is 33.6 Å². The molecule has 233 valence electrons. The number of hydrogen-bond acceptors (Lipinski definition) is 5. The molecule has 0 aliphatic carbocycles. The summed E-state index contributed by atoms with van der Waals surface area (Å²) in [6.07, 6.45) is 7.43. The van der Waals surface area contributed by atoms with Crippen LogP contribution in [-0.4, -0.2) is 19.9 Å². The van der Waals surface area contributed by atoms with Crippen LogP contribution >= 0.6 is 0 Å². The maximum atomic E-state index is 6.50. The van der Waals surface area contributed by atoms with Gasteiger partial charge in [0.2, 0.25) is 0 Å². The summed E-state index contributed by atoms with van der Waals surface area (Å²) < 4.78 is 6.50. The minimum Gasteiger partial charge on any atom is -0.498 e. The molecule has 0 aliphatic rings. The largest absolute Gasteiger partial charge is 0.498 e. The number of nitrogens with zero attached hydrogens (tertiary/aromatic N) is 4. The molecule has 6 heteroatoms. The van der Waals surface area contributed by atoms with Crippen LogP contribution in [0.1, 0.15) is 11.3 Å². The summed E-state index contributed by atoms with van der Waals surface area (Å²) in [6.45, 7) is 4.09. The van der Waals surface area contributed by atoms with E-state index in [1.165, 1.54) is 0 Å². The molecular weight excluding hydrogens is 769 g/mol. The van der Waals surface area contributed by atoms with Crippen LogP contribution < -0.4 is 0 Å². The fourth-order valence-electron chi connectivity index (χ4n) is 5.97. The zero-order valence-electron chi connectivity index (χ0n) is 26.2. The van der Waals surface area contributed by atoms with Crippen molar-refractivity contribution in [2.45, 2.75) is 13.8 Å². The number of fused-ring (bicyclic) bond motifs is 6. The summed E-state index contributed by atoms with van der Waals surface area (Å²) in [7, 11) is 0. The summed E-state index contributed by atoms with van der Waals surface area (Å²) in [5.41, 5.74) is 10.5. The third kappa shape index (κ3) is 5.88. The van der Waals surface area contributed by atoms with Crippen LogP contribution in [0.5, 0.6) is 0 Å². The Bertz CT molecular complexity index is 2510. The van der Waals surface area contributed by atoms with Gasteiger partial charge in [-0.25, -0.2) is 4.98 Å². The molecule has 0 atom stereocenters. The topological polar surface area (TPSA) is 64.7 Å². The van der Waals surface area contributed by atoms with E-state index in [0.717, 1.165) is 88.5 Å². The van der Waals surface area contributed by atoms with Gasteiger partial charge in [-0.15, -0.1) is 54.1 Å². The van der Waals surface area contributed by atoms with Gasteiger partial charge in [0.25, 0.3) is 0 Å². The van der Waals surface area contributed by atoms with Crippen LogP contribution in [0.15, 0.2) is 138 Å². The van der Waals surface area contributed by atoms with Gasteiger partial charge >= 0.3 is 0 Å². The van der Waals surface area contributed by atoms with E-state index in [1.807, 2.05) is 86.2 Å². The first-order valence-corrected chi connectivity index (χ1v) is 15.4. The quantitative estimate of drug-likeness (QED) is 0.167. The summed E-state index contributed by atoms with van der Waals surface area (Å²) in [6, 6.07) is 43.2. The number of hydrogen-bond donors (Lipinski definition) is 0. The molecule has 9 aromatic rings. The zero-order chi connectivity index (χ0) is 31.7. The number of furan rings is 1. The van der Waals surface area contributed by atoms with Crippen molar-refractivity contribution < 1.29 is 24.5 Å². The molecule has 0 N–H and O–H groups in total. The third-order valence-corrected chi connectivity index (χ3v) is 8.36. The van der Waals surface area contributed by atoms with Crippen molar-refractivity contribution in [1.82, 2.24) is 19.9 Å². The molecule has 1 radical (unpaired) electrons. The molecule has 48 heavy (non-hydrogen) atoms. The van der Waals surface area contributed by atoms with E-state index in [4.69, 9.17) is 14.4 Å². The second-order valence-corrected chi connectivity index (χ2v) is 11.5. The first kappa shape index (κ1) is 31.1. The van der Waals surface area contributed by atoms with Crippen molar-refractivity contribution in [3.05, 3.63) is 157 Å². The molecular formula is C42H28IrN4O-2. The fourth-order valence-corrected chi connectivity index (χ4v) is 5.97. The van der Waals surface area contributed by atoms with Gasteiger partial charge < -0.3 is 14.4 Å². The van der Waals surface area contributed by atoms with Gasteiger partial charge in [0.1, 0.15) is 11.1 Å². The first-order chi connectivity index (χ1) is 23.1. The minimum atomic E-state index is 0. The molecule has 5 heterocycles. The number of rotatable bonds is 3. The standard InChI is InChI=1S/C31H20N3O.C11H8N.Ir/c1-18-16-33-28(15-27(18)22-8-9-23-17-32-13-12-21(23)14-22)26-5-3-4-24-25-11-10-20-7-6-19(2)34-29(20)31(25)35-30(24)26;1-2-6-10(7-3-1)11-8-4-5-9-12-11;/h3-4,6-17H,1-2H3;1-6,8-9H;/q2*-1;. The molecule has 0 amide bonds. The maximum Gasteiger partial charge on any atom is 0.147 e. The third-order valence-electron chi connectivity index (χ3n) is 8.36. The molecule has 0 saturated carbocycles. The van der Waals surface area contributed by atoms with Crippen LogP contribution in [0, 0.1) is 26.0 Å². The summed E-state index contributed by atoms with van der Waals surface area (Å²) >= 11 is 0. The molecule has 4 aromatic carbocycles. The summed E-state index contributed by atoms with van der Waals surface area (Å²) in [5.74, 6) is 0. The van der Waals surface area contributed by atoms with E-state index in [0.29, 0.717) is 0 Å². The molecule has 0 aliphatic heterocycles. The second kappa shape index (κ2) is 13.3. The monoisotopic (exact) mass is 797 g/mol. The number of aromatic nitrogens is 4. The van der Waals surface area contributed by atoms with Crippen LogP contribution in [0.2, 0.25) is 0 Å². The Hall–Kier alpha value is -5.55. The Kier molecular flexibility index (Phi) is 8.60. The van der Waals surface area contributed by atoms with Crippen LogP contribution in [-0.2, 0) is 20.1 Å². The van der Waals surface area contributed by atoms with Gasteiger partial charge in [-0.05, 0) is 71.6 Å². The van der Waals surface area contributed by atoms with Gasteiger partial charge in [-0.1, -0.05) is 59.5 Å². The van der Waals surface area contributed by atoms with Gasteiger partial charge in [0.15, 0.2) is 0 Å².